The standard InChI is InChI=1S/C3H2ClNO/c4-3-1-2-6-5-3/h1,5H. The molecule has 1 rings (SSSR count). The number of hydrogen-bond acceptors (Lipinski definition) is 2. The first-order valence-electron chi connectivity index (χ1n) is 1.42. The van der Waals surface area contributed by atoms with Crippen molar-refractivity contribution in [1.29, 1.82) is 0 Å². The Labute approximate surface area is 40.7 Å². The fraction of sp³-hybridized carbons (Fsp3) is 0. The van der Waals surface area contributed by atoms with Crippen LogP contribution in [0.1, 0.15) is 0 Å². The molecule has 0 spiro atoms. The SMILES string of the molecule is ClC1=C[C]ON1. The van der Waals surface area contributed by atoms with Gasteiger partial charge in [-0.15, -0.1) is 0 Å². The van der Waals surface area contributed by atoms with Gasteiger partial charge in [0.2, 0.25) is 0 Å². The van der Waals surface area contributed by atoms with Crippen molar-refractivity contribution in [2.45, 2.75) is 0 Å². The van der Waals surface area contributed by atoms with Gasteiger partial charge in [-0.25, -0.2) is 0 Å². The average Bonchev–Trinajstić information content (AvgIpc) is 1.86. The van der Waals surface area contributed by atoms with Crippen LogP contribution in [-0.2, 0) is 4.84 Å². The van der Waals surface area contributed by atoms with Crippen LogP contribution >= 0.6 is 11.6 Å². The van der Waals surface area contributed by atoms with Gasteiger partial charge in [0, 0.05) is 0 Å². The number of hydroxylamine groups is 1. The molecule has 0 amide bonds. The quantitative estimate of drug-likeness (QED) is 0.455. The molecule has 0 aromatic heterocycles. The van der Waals surface area contributed by atoms with Gasteiger partial charge in [-0.3, -0.25) is 10.3 Å². The van der Waals surface area contributed by atoms with Crippen molar-refractivity contribution in [1.82, 2.24) is 5.48 Å². The van der Waals surface area contributed by atoms with Crippen molar-refractivity contribution in [3.8, 4) is 0 Å². The molecule has 0 aliphatic carbocycles. The zero-order valence-electron chi connectivity index (χ0n) is 2.86. The van der Waals surface area contributed by atoms with Gasteiger partial charge in [0.25, 0.3) is 0 Å². The number of halogens is 1. The lowest BCUT2D eigenvalue weighted by molar-refractivity contribution is 0.160. The molecular formula is C3H2ClNO. The zero-order valence-corrected chi connectivity index (χ0v) is 3.62. The Bertz CT molecular complexity index is 80.9. The molecule has 0 unspecified atom stereocenters. The summed E-state index contributed by atoms with van der Waals surface area (Å²) in [4.78, 5) is 4.33. The Balaban J connectivity index is 2.45. The predicted molar refractivity (Wildman–Crippen MR) is 21.4 cm³/mol. The molecule has 0 saturated heterocycles. The van der Waals surface area contributed by atoms with Crippen LogP contribution in [0.5, 0.6) is 0 Å². The van der Waals surface area contributed by atoms with Crippen molar-refractivity contribution >= 4 is 11.6 Å². The third-order valence-electron chi connectivity index (χ3n) is 0.393. The van der Waals surface area contributed by atoms with Crippen LogP contribution in [0.3, 0.4) is 0 Å². The lowest BCUT2D eigenvalue weighted by Crippen LogP contribution is -1.98. The zero-order chi connectivity index (χ0) is 4.41. The molecule has 2 radical (unpaired) electrons. The minimum atomic E-state index is 0.468. The van der Waals surface area contributed by atoms with E-state index in [2.05, 4.69) is 16.9 Å². The summed E-state index contributed by atoms with van der Waals surface area (Å²) in [6.07, 6.45) is 1.50. The topological polar surface area (TPSA) is 21.3 Å². The first kappa shape index (κ1) is 3.96. The summed E-state index contributed by atoms with van der Waals surface area (Å²) in [5, 5.41) is 0.468. The highest BCUT2D eigenvalue weighted by atomic mass is 35.5. The monoisotopic (exact) mass is 103 g/mol. The Morgan fingerprint density at radius 1 is 2.00 bits per heavy atom. The molecule has 0 fully saturated rings. The van der Waals surface area contributed by atoms with E-state index >= 15 is 0 Å². The van der Waals surface area contributed by atoms with Crippen LogP contribution in [0, 0.1) is 6.61 Å². The van der Waals surface area contributed by atoms with Gasteiger partial charge in [-0.05, 0) is 6.08 Å². The number of hydrogen-bond donors (Lipinski definition) is 1. The third-order valence-corrected chi connectivity index (χ3v) is 0.579. The highest BCUT2D eigenvalue weighted by Crippen LogP contribution is 2.03. The minimum absolute atomic E-state index is 0.468. The molecule has 0 atom stereocenters. The van der Waals surface area contributed by atoms with Crippen LogP contribution in [0.2, 0.25) is 0 Å². The second kappa shape index (κ2) is 1.49. The normalized spacial score (nSPS) is 19.8. The molecule has 0 aromatic carbocycles. The van der Waals surface area contributed by atoms with Gasteiger partial charge < -0.3 is 0 Å². The van der Waals surface area contributed by atoms with Crippen molar-refractivity contribution in [3.63, 3.8) is 0 Å². The maximum atomic E-state index is 5.27. The fourth-order valence-corrected chi connectivity index (χ4v) is 0.272. The van der Waals surface area contributed by atoms with Gasteiger partial charge in [0.1, 0.15) is 5.16 Å². The molecule has 0 bridgehead atoms. The molecule has 32 valence electrons. The molecule has 6 heavy (non-hydrogen) atoms. The summed E-state index contributed by atoms with van der Waals surface area (Å²) in [5.41, 5.74) is 2.33. The Hall–Kier alpha value is -0.210. The minimum Gasteiger partial charge on any atom is -0.257 e. The van der Waals surface area contributed by atoms with Gasteiger partial charge in [0.05, 0.1) is 0 Å². The van der Waals surface area contributed by atoms with Crippen LogP contribution in [-0.4, -0.2) is 0 Å². The third kappa shape index (κ3) is 0.640. The van der Waals surface area contributed by atoms with Crippen LogP contribution in [0.15, 0.2) is 11.2 Å². The molecule has 0 saturated carbocycles. The largest absolute Gasteiger partial charge is 0.257 e. The maximum absolute atomic E-state index is 5.27. The summed E-state index contributed by atoms with van der Waals surface area (Å²) in [6.45, 7) is 2.37. The summed E-state index contributed by atoms with van der Waals surface area (Å²) < 4.78 is 0. The maximum Gasteiger partial charge on any atom is 0.194 e. The molecule has 1 aliphatic heterocycles. The van der Waals surface area contributed by atoms with Crippen molar-refractivity contribution < 1.29 is 4.84 Å². The Morgan fingerprint density at radius 3 is 3.00 bits per heavy atom. The Morgan fingerprint density at radius 2 is 2.83 bits per heavy atom. The average molecular weight is 104 g/mol. The van der Waals surface area contributed by atoms with Gasteiger partial charge in [-0.1, -0.05) is 11.6 Å². The molecule has 1 heterocycles. The highest BCUT2D eigenvalue weighted by molar-refractivity contribution is 6.29. The Kier molecular flexibility index (Phi) is 0.986. The molecule has 2 nitrogen and oxygen atoms in total. The van der Waals surface area contributed by atoms with E-state index in [1.165, 1.54) is 6.08 Å². The van der Waals surface area contributed by atoms with Gasteiger partial charge in [-0.2, -0.15) is 0 Å². The van der Waals surface area contributed by atoms with E-state index in [1.807, 2.05) is 0 Å². The molecule has 1 aliphatic rings. The summed E-state index contributed by atoms with van der Waals surface area (Å²) >= 11 is 5.27. The first-order chi connectivity index (χ1) is 2.89. The molecule has 1 N–H and O–H groups in total. The second-order valence-electron chi connectivity index (χ2n) is 0.814. The molecule has 3 heteroatoms. The van der Waals surface area contributed by atoms with Crippen LogP contribution in [0.4, 0.5) is 0 Å². The molecule has 0 aromatic rings. The first-order valence-corrected chi connectivity index (χ1v) is 1.80. The summed E-state index contributed by atoms with van der Waals surface area (Å²) in [5.74, 6) is 0. The lowest BCUT2D eigenvalue weighted by atomic mass is 10.7. The number of rotatable bonds is 0. The van der Waals surface area contributed by atoms with E-state index < -0.39 is 0 Å². The van der Waals surface area contributed by atoms with E-state index in [4.69, 9.17) is 11.6 Å². The van der Waals surface area contributed by atoms with Crippen molar-refractivity contribution in [3.05, 3.63) is 17.8 Å². The summed E-state index contributed by atoms with van der Waals surface area (Å²) in [6, 6.07) is 0. The van der Waals surface area contributed by atoms with Crippen molar-refractivity contribution in [2.75, 3.05) is 0 Å². The van der Waals surface area contributed by atoms with Gasteiger partial charge >= 0.3 is 0 Å². The lowest BCUT2D eigenvalue weighted by Gasteiger charge is -1.86. The van der Waals surface area contributed by atoms with Crippen LogP contribution < -0.4 is 5.48 Å². The van der Waals surface area contributed by atoms with E-state index in [9.17, 15) is 0 Å². The highest BCUT2D eigenvalue weighted by Gasteiger charge is 1.97. The second-order valence-corrected chi connectivity index (χ2v) is 1.22. The van der Waals surface area contributed by atoms with E-state index in [1.54, 1.807) is 0 Å². The van der Waals surface area contributed by atoms with Crippen molar-refractivity contribution in [2.24, 2.45) is 0 Å². The predicted octanol–water partition coefficient (Wildman–Crippen LogP) is 0.640. The van der Waals surface area contributed by atoms with E-state index in [-0.39, 0.29) is 0 Å². The van der Waals surface area contributed by atoms with Gasteiger partial charge in [0.15, 0.2) is 6.61 Å². The molecular weight excluding hydrogens is 101 g/mol. The smallest absolute Gasteiger partial charge is 0.194 e. The number of nitrogens with one attached hydrogen (secondary N) is 1. The fourth-order valence-electron chi connectivity index (χ4n) is 0.189. The van der Waals surface area contributed by atoms with E-state index in [0.29, 0.717) is 5.16 Å². The van der Waals surface area contributed by atoms with Crippen LogP contribution in [0.25, 0.3) is 0 Å². The summed E-state index contributed by atoms with van der Waals surface area (Å²) in [7, 11) is 0. The van der Waals surface area contributed by atoms with E-state index in [0.717, 1.165) is 0 Å².